The monoisotopic (exact) mass is 434 g/mol. The summed E-state index contributed by atoms with van der Waals surface area (Å²) in [4.78, 5) is 19.7. The molecule has 0 N–H and O–H groups in total. The van der Waals surface area contributed by atoms with Gasteiger partial charge in [-0.25, -0.2) is 4.98 Å². The molecule has 5 nitrogen and oxygen atoms in total. The fourth-order valence-electron chi connectivity index (χ4n) is 3.81. The molecule has 2 aromatic carbocycles. The summed E-state index contributed by atoms with van der Waals surface area (Å²) in [5, 5.41) is 0.667. The number of hydrogen-bond donors (Lipinski definition) is 0. The van der Waals surface area contributed by atoms with Crippen LogP contribution >= 0.6 is 11.3 Å². The van der Waals surface area contributed by atoms with Gasteiger partial charge in [-0.2, -0.15) is 0 Å². The Labute approximate surface area is 185 Å². The van der Waals surface area contributed by atoms with Crippen LogP contribution in [0.15, 0.2) is 53.6 Å². The van der Waals surface area contributed by atoms with Crippen LogP contribution in [-0.4, -0.2) is 22.8 Å². The predicted octanol–water partition coefficient (Wildman–Crippen LogP) is 5.53. The molecule has 0 radical (unpaired) electrons. The second-order valence-corrected chi connectivity index (χ2v) is 8.79. The van der Waals surface area contributed by atoms with Crippen molar-refractivity contribution < 1.29 is 9.47 Å². The molecule has 6 heteroatoms. The molecule has 0 aliphatic carbocycles. The summed E-state index contributed by atoms with van der Waals surface area (Å²) in [6.07, 6.45) is 1.62. The van der Waals surface area contributed by atoms with E-state index in [-0.39, 0.29) is 5.56 Å². The maximum atomic E-state index is 13.3. The quantitative estimate of drug-likeness (QED) is 0.384. The first-order chi connectivity index (χ1) is 15.0. The van der Waals surface area contributed by atoms with Crippen molar-refractivity contribution in [3.63, 3.8) is 0 Å². The van der Waals surface area contributed by atoms with Gasteiger partial charge in [-0.1, -0.05) is 18.2 Å². The third kappa shape index (κ3) is 4.49. The van der Waals surface area contributed by atoms with Gasteiger partial charge in [0.15, 0.2) is 0 Å². The Morgan fingerprint density at radius 1 is 0.968 bits per heavy atom. The van der Waals surface area contributed by atoms with Crippen molar-refractivity contribution in [1.82, 2.24) is 9.55 Å². The van der Waals surface area contributed by atoms with Crippen molar-refractivity contribution >= 4 is 21.6 Å². The van der Waals surface area contributed by atoms with Crippen molar-refractivity contribution in [2.24, 2.45) is 0 Å². The topological polar surface area (TPSA) is 53.4 Å². The molecule has 0 saturated carbocycles. The zero-order valence-corrected chi connectivity index (χ0v) is 19.1. The Bertz CT molecular complexity index is 1250. The van der Waals surface area contributed by atoms with Gasteiger partial charge in [0.05, 0.1) is 24.9 Å². The Hall–Kier alpha value is -3.12. The normalized spacial score (nSPS) is 11.1. The van der Waals surface area contributed by atoms with E-state index >= 15 is 0 Å². The smallest absolute Gasteiger partial charge is 0.262 e. The first kappa shape index (κ1) is 21.1. The zero-order chi connectivity index (χ0) is 22.0. The summed E-state index contributed by atoms with van der Waals surface area (Å²) in [5.41, 5.74) is 4.22. The highest BCUT2D eigenvalue weighted by Crippen LogP contribution is 2.36. The Morgan fingerprint density at radius 2 is 1.68 bits per heavy atom. The number of hydrogen-bond acceptors (Lipinski definition) is 5. The van der Waals surface area contributed by atoms with Gasteiger partial charge >= 0.3 is 0 Å². The lowest BCUT2D eigenvalue weighted by atomic mass is 10.0. The van der Waals surface area contributed by atoms with E-state index in [0.29, 0.717) is 25.1 Å². The molecule has 0 aliphatic rings. The minimum Gasteiger partial charge on any atom is -0.494 e. The molecule has 0 unspecified atom stereocenters. The molecular formula is C25H26N2O3S. The summed E-state index contributed by atoms with van der Waals surface area (Å²) >= 11 is 1.55. The van der Waals surface area contributed by atoms with Crippen LogP contribution in [0.25, 0.3) is 21.3 Å². The maximum absolute atomic E-state index is 13.3. The van der Waals surface area contributed by atoms with Crippen LogP contribution in [0.1, 0.15) is 22.9 Å². The first-order valence-corrected chi connectivity index (χ1v) is 11.2. The molecule has 0 spiro atoms. The molecule has 0 atom stereocenters. The molecule has 0 fully saturated rings. The molecule has 4 rings (SSSR count). The second kappa shape index (κ2) is 8.94. The van der Waals surface area contributed by atoms with E-state index in [1.807, 2.05) is 64.1 Å². The molecule has 160 valence electrons. The summed E-state index contributed by atoms with van der Waals surface area (Å²) < 4.78 is 13.1. The number of ether oxygens (including phenoxy) is 2. The fraction of sp³-hybridized carbons (Fsp3) is 0.280. The Balaban J connectivity index is 1.62. The lowest BCUT2D eigenvalue weighted by molar-refractivity contribution is 0.295. The van der Waals surface area contributed by atoms with Gasteiger partial charge in [0.25, 0.3) is 5.56 Å². The lowest BCUT2D eigenvalue weighted by Gasteiger charge is -2.10. The van der Waals surface area contributed by atoms with E-state index in [4.69, 9.17) is 9.47 Å². The summed E-state index contributed by atoms with van der Waals surface area (Å²) in [7, 11) is 0. The molecule has 2 heterocycles. The molecule has 0 amide bonds. The summed E-state index contributed by atoms with van der Waals surface area (Å²) in [6.45, 7) is 9.54. The minimum absolute atomic E-state index is 0.0396. The highest BCUT2D eigenvalue weighted by Gasteiger charge is 2.17. The number of benzene rings is 2. The first-order valence-electron chi connectivity index (χ1n) is 10.4. The molecule has 4 aromatic rings. The van der Waals surface area contributed by atoms with Crippen LogP contribution < -0.4 is 15.0 Å². The van der Waals surface area contributed by atoms with E-state index < -0.39 is 0 Å². The second-order valence-electron chi connectivity index (χ2n) is 7.59. The van der Waals surface area contributed by atoms with E-state index in [0.717, 1.165) is 43.5 Å². The average Bonchev–Trinajstić information content (AvgIpc) is 3.07. The van der Waals surface area contributed by atoms with Gasteiger partial charge in [-0.3, -0.25) is 9.36 Å². The van der Waals surface area contributed by atoms with Crippen LogP contribution in [0, 0.1) is 20.8 Å². The van der Waals surface area contributed by atoms with Crippen LogP contribution in [0.5, 0.6) is 11.5 Å². The van der Waals surface area contributed by atoms with Crippen molar-refractivity contribution in [2.75, 3.05) is 13.2 Å². The lowest BCUT2D eigenvalue weighted by Crippen LogP contribution is -2.23. The largest absolute Gasteiger partial charge is 0.494 e. The van der Waals surface area contributed by atoms with Crippen LogP contribution in [0.4, 0.5) is 0 Å². The molecule has 2 aromatic heterocycles. The van der Waals surface area contributed by atoms with Crippen molar-refractivity contribution in [3.8, 4) is 22.6 Å². The number of thiophene rings is 1. The van der Waals surface area contributed by atoms with E-state index in [1.165, 1.54) is 0 Å². The molecule has 0 aliphatic heterocycles. The highest BCUT2D eigenvalue weighted by atomic mass is 32.1. The standard InChI is InChI=1S/C25H26N2O3S/c1-5-29-20-8-6-19(7-9-20)22-18(4)31-24-23(22)25(28)27(15-26-24)10-11-30-21-13-16(2)12-17(3)14-21/h6-9,12-15H,5,10-11H2,1-4H3. The fourth-order valence-corrected chi connectivity index (χ4v) is 4.81. The summed E-state index contributed by atoms with van der Waals surface area (Å²) in [5.74, 6) is 1.64. The minimum atomic E-state index is -0.0396. The SMILES string of the molecule is CCOc1ccc(-c2c(C)sc3ncn(CCOc4cc(C)cc(C)c4)c(=O)c23)cc1. The van der Waals surface area contributed by atoms with Crippen LogP contribution in [0.2, 0.25) is 0 Å². The zero-order valence-electron chi connectivity index (χ0n) is 18.3. The summed E-state index contributed by atoms with van der Waals surface area (Å²) in [6, 6.07) is 14.0. The van der Waals surface area contributed by atoms with Gasteiger partial charge in [-0.15, -0.1) is 11.3 Å². The third-order valence-electron chi connectivity index (χ3n) is 5.10. The molecule has 0 bridgehead atoms. The molecule has 31 heavy (non-hydrogen) atoms. The average molecular weight is 435 g/mol. The van der Waals surface area contributed by atoms with E-state index in [9.17, 15) is 4.79 Å². The van der Waals surface area contributed by atoms with Crippen molar-refractivity contribution in [1.29, 1.82) is 0 Å². The van der Waals surface area contributed by atoms with Crippen LogP contribution in [0.3, 0.4) is 0 Å². The Kier molecular flexibility index (Phi) is 6.09. The van der Waals surface area contributed by atoms with Crippen molar-refractivity contribution in [3.05, 3.63) is 75.1 Å². The number of aromatic nitrogens is 2. The number of fused-ring (bicyclic) bond motifs is 1. The van der Waals surface area contributed by atoms with Gasteiger partial charge in [0, 0.05) is 10.4 Å². The molecular weight excluding hydrogens is 408 g/mol. The number of rotatable bonds is 7. The van der Waals surface area contributed by atoms with Crippen LogP contribution in [-0.2, 0) is 6.54 Å². The van der Waals surface area contributed by atoms with Gasteiger partial charge in [0.1, 0.15) is 22.9 Å². The Morgan fingerprint density at radius 3 is 2.35 bits per heavy atom. The molecule has 0 saturated heterocycles. The number of aryl methyl sites for hydroxylation is 3. The third-order valence-corrected chi connectivity index (χ3v) is 6.12. The van der Waals surface area contributed by atoms with Gasteiger partial charge in [-0.05, 0) is 68.7 Å². The van der Waals surface area contributed by atoms with E-state index in [1.54, 1.807) is 22.2 Å². The number of nitrogens with zero attached hydrogens (tertiary/aromatic N) is 2. The maximum Gasteiger partial charge on any atom is 0.262 e. The van der Waals surface area contributed by atoms with Gasteiger partial charge < -0.3 is 9.47 Å². The van der Waals surface area contributed by atoms with Gasteiger partial charge in [0.2, 0.25) is 0 Å². The predicted molar refractivity (Wildman–Crippen MR) is 127 cm³/mol. The van der Waals surface area contributed by atoms with E-state index in [2.05, 4.69) is 11.1 Å². The highest BCUT2D eigenvalue weighted by molar-refractivity contribution is 7.19. The van der Waals surface area contributed by atoms with Crippen molar-refractivity contribution in [2.45, 2.75) is 34.2 Å².